The van der Waals surface area contributed by atoms with E-state index in [0.717, 1.165) is 12.8 Å². The third-order valence-electron chi connectivity index (χ3n) is 2.99. The zero-order chi connectivity index (χ0) is 14.8. The van der Waals surface area contributed by atoms with E-state index in [-0.39, 0.29) is 23.8 Å². The second kappa shape index (κ2) is 5.80. The molecule has 0 unspecified atom stereocenters. The Kier molecular flexibility index (Phi) is 4.29. The molecular weight excluding hydrogens is 280 g/mol. The quantitative estimate of drug-likeness (QED) is 0.807. The number of aryl methyl sites for hydroxylation is 1. The monoisotopic (exact) mass is 298 g/mol. The molecule has 0 heterocycles. The molecule has 1 aromatic carbocycles. The standard InChI is InChI=1S/C13H18N2O4S/c1-9-8-11(4-5-12(9)20(14,17)18)19-7-6-13(16)15-10-2-3-10/h4-5,8,10H,2-3,6-7H2,1H3,(H,15,16)(H2,14,17,18). The molecule has 6 nitrogen and oxygen atoms in total. The molecule has 1 saturated carbocycles. The van der Waals surface area contributed by atoms with Crippen molar-refractivity contribution < 1.29 is 17.9 Å². The fraction of sp³-hybridized carbons (Fsp3) is 0.462. The predicted octanol–water partition coefficient (Wildman–Crippen LogP) is 0.690. The molecule has 2 rings (SSSR count). The van der Waals surface area contributed by atoms with Crippen LogP contribution in [0.4, 0.5) is 0 Å². The first kappa shape index (κ1) is 14.8. The number of amides is 1. The Bertz CT molecular complexity index is 609. The van der Waals surface area contributed by atoms with Crippen molar-refractivity contribution in [2.75, 3.05) is 6.61 Å². The summed E-state index contributed by atoms with van der Waals surface area (Å²) < 4.78 is 28.0. The van der Waals surface area contributed by atoms with Crippen molar-refractivity contribution in [2.24, 2.45) is 5.14 Å². The summed E-state index contributed by atoms with van der Waals surface area (Å²) in [7, 11) is -3.71. The first-order valence-electron chi connectivity index (χ1n) is 6.42. The van der Waals surface area contributed by atoms with E-state index in [1.165, 1.54) is 12.1 Å². The molecule has 0 aromatic heterocycles. The van der Waals surface area contributed by atoms with Crippen LogP contribution in [-0.2, 0) is 14.8 Å². The molecule has 20 heavy (non-hydrogen) atoms. The van der Waals surface area contributed by atoms with Crippen LogP contribution in [0.2, 0.25) is 0 Å². The van der Waals surface area contributed by atoms with Gasteiger partial charge in [-0.05, 0) is 43.5 Å². The highest BCUT2D eigenvalue weighted by atomic mass is 32.2. The Morgan fingerprint density at radius 3 is 2.70 bits per heavy atom. The maximum absolute atomic E-state index is 11.4. The Labute approximate surface area is 118 Å². The molecular formula is C13H18N2O4S. The van der Waals surface area contributed by atoms with Crippen molar-refractivity contribution in [1.82, 2.24) is 5.32 Å². The lowest BCUT2D eigenvalue weighted by Gasteiger charge is -2.09. The normalized spacial score (nSPS) is 14.9. The lowest BCUT2D eigenvalue weighted by atomic mass is 10.2. The highest BCUT2D eigenvalue weighted by molar-refractivity contribution is 7.89. The minimum absolute atomic E-state index is 0.0228. The summed E-state index contributed by atoms with van der Waals surface area (Å²) in [4.78, 5) is 11.5. The topological polar surface area (TPSA) is 98.5 Å². The smallest absolute Gasteiger partial charge is 0.238 e. The van der Waals surface area contributed by atoms with Gasteiger partial charge in [0.05, 0.1) is 17.9 Å². The fourth-order valence-electron chi connectivity index (χ4n) is 1.82. The van der Waals surface area contributed by atoms with E-state index in [1.54, 1.807) is 13.0 Å². The number of primary sulfonamides is 1. The molecule has 1 amide bonds. The van der Waals surface area contributed by atoms with E-state index in [1.807, 2.05) is 0 Å². The summed E-state index contributed by atoms with van der Waals surface area (Å²) in [6.45, 7) is 1.90. The third-order valence-corrected chi connectivity index (χ3v) is 4.06. The van der Waals surface area contributed by atoms with Crippen LogP contribution in [0.15, 0.2) is 23.1 Å². The minimum atomic E-state index is -3.71. The summed E-state index contributed by atoms with van der Waals surface area (Å²) in [6, 6.07) is 4.88. The minimum Gasteiger partial charge on any atom is -0.493 e. The Hall–Kier alpha value is -1.60. The molecule has 0 saturated heterocycles. The second-order valence-electron chi connectivity index (χ2n) is 4.91. The molecule has 0 bridgehead atoms. The van der Waals surface area contributed by atoms with Gasteiger partial charge in [0, 0.05) is 6.04 Å². The van der Waals surface area contributed by atoms with E-state index in [0.29, 0.717) is 17.4 Å². The number of sulfonamides is 1. The molecule has 1 aromatic rings. The van der Waals surface area contributed by atoms with Crippen molar-refractivity contribution in [1.29, 1.82) is 0 Å². The SMILES string of the molecule is Cc1cc(OCCC(=O)NC2CC2)ccc1S(N)(=O)=O. The number of hydrogen-bond acceptors (Lipinski definition) is 4. The molecule has 1 aliphatic carbocycles. The van der Waals surface area contributed by atoms with Crippen molar-refractivity contribution in [3.05, 3.63) is 23.8 Å². The van der Waals surface area contributed by atoms with Gasteiger partial charge in [0.2, 0.25) is 15.9 Å². The molecule has 0 radical (unpaired) electrons. The van der Waals surface area contributed by atoms with E-state index >= 15 is 0 Å². The zero-order valence-electron chi connectivity index (χ0n) is 11.3. The Morgan fingerprint density at radius 2 is 2.15 bits per heavy atom. The summed E-state index contributed by atoms with van der Waals surface area (Å²) >= 11 is 0. The summed E-state index contributed by atoms with van der Waals surface area (Å²) in [6.07, 6.45) is 2.40. The van der Waals surface area contributed by atoms with Crippen LogP contribution < -0.4 is 15.2 Å². The number of ether oxygens (including phenoxy) is 1. The van der Waals surface area contributed by atoms with Gasteiger partial charge in [-0.2, -0.15) is 0 Å². The average molecular weight is 298 g/mol. The third kappa shape index (κ3) is 4.21. The number of carbonyl (C=O) groups excluding carboxylic acids is 1. The summed E-state index contributed by atoms with van der Waals surface area (Å²) in [5.74, 6) is 0.500. The van der Waals surface area contributed by atoms with Crippen molar-refractivity contribution in [3.8, 4) is 5.75 Å². The Balaban J connectivity index is 1.87. The highest BCUT2D eigenvalue weighted by Crippen LogP contribution is 2.21. The lowest BCUT2D eigenvalue weighted by molar-refractivity contribution is -0.121. The van der Waals surface area contributed by atoms with E-state index in [2.05, 4.69) is 5.32 Å². The lowest BCUT2D eigenvalue weighted by Crippen LogP contribution is -2.26. The molecule has 0 atom stereocenters. The number of nitrogens with one attached hydrogen (secondary N) is 1. The zero-order valence-corrected chi connectivity index (χ0v) is 12.1. The van der Waals surface area contributed by atoms with Crippen molar-refractivity contribution >= 4 is 15.9 Å². The fourth-order valence-corrected chi connectivity index (χ4v) is 2.59. The molecule has 3 N–H and O–H groups in total. The Morgan fingerprint density at radius 1 is 1.45 bits per heavy atom. The number of benzene rings is 1. The van der Waals surface area contributed by atoms with Gasteiger partial charge >= 0.3 is 0 Å². The van der Waals surface area contributed by atoms with E-state index in [4.69, 9.17) is 9.88 Å². The van der Waals surface area contributed by atoms with Crippen LogP contribution in [0.25, 0.3) is 0 Å². The maximum atomic E-state index is 11.4. The van der Waals surface area contributed by atoms with E-state index < -0.39 is 10.0 Å². The van der Waals surface area contributed by atoms with Crippen LogP contribution in [0.1, 0.15) is 24.8 Å². The van der Waals surface area contributed by atoms with Crippen LogP contribution in [-0.4, -0.2) is 27.0 Å². The van der Waals surface area contributed by atoms with Gasteiger partial charge in [-0.3, -0.25) is 4.79 Å². The van der Waals surface area contributed by atoms with Crippen LogP contribution >= 0.6 is 0 Å². The van der Waals surface area contributed by atoms with Crippen molar-refractivity contribution in [3.63, 3.8) is 0 Å². The predicted molar refractivity (Wildman–Crippen MR) is 73.8 cm³/mol. The van der Waals surface area contributed by atoms with Gasteiger partial charge in [-0.15, -0.1) is 0 Å². The highest BCUT2D eigenvalue weighted by Gasteiger charge is 2.22. The van der Waals surface area contributed by atoms with Gasteiger partial charge in [0.15, 0.2) is 0 Å². The molecule has 110 valence electrons. The van der Waals surface area contributed by atoms with Gasteiger partial charge in [-0.1, -0.05) is 0 Å². The molecule has 1 aliphatic rings. The van der Waals surface area contributed by atoms with Crippen LogP contribution in [0.5, 0.6) is 5.75 Å². The van der Waals surface area contributed by atoms with Gasteiger partial charge in [-0.25, -0.2) is 13.6 Å². The van der Waals surface area contributed by atoms with Crippen molar-refractivity contribution in [2.45, 2.75) is 37.1 Å². The van der Waals surface area contributed by atoms with Gasteiger partial charge in [0.1, 0.15) is 5.75 Å². The van der Waals surface area contributed by atoms with Gasteiger partial charge < -0.3 is 10.1 Å². The summed E-state index contributed by atoms with van der Waals surface area (Å²) in [5.41, 5.74) is 0.521. The number of rotatable bonds is 6. The molecule has 0 spiro atoms. The molecule has 1 fully saturated rings. The largest absolute Gasteiger partial charge is 0.493 e. The number of carbonyl (C=O) groups is 1. The number of hydrogen-bond donors (Lipinski definition) is 2. The summed E-state index contributed by atoms with van der Waals surface area (Å²) in [5, 5.41) is 7.94. The first-order chi connectivity index (χ1) is 9.36. The second-order valence-corrected chi connectivity index (χ2v) is 6.44. The molecule has 7 heteroatoms. The van der Waals surface area contributed by atoms with E-state index in [9.17, 15) is 13.2 Å². The van der Waals surface area contributed by atoms with Gasteiger partial charge in [0.25, 0.3) is 0 Å². The van der Waals surface area contributed by atoms with Crippen LogP contribution in [0.3, 0.4) is 0 Å². The van der Waals surface area contributed by atoms with Crippen LogP contribution in [0, 0.1) is 6.92 Å². The first-order valence-corrected chi connectivity index (χ1v) is 7.96. The number of nitrogens with two attached hydrogens (primary N) is 1. The molecule has 0 aliphatic heterocycles. The maximum Gasteiger partial charge on any atom is 0.238 e. The average Bonchev–Trinajstić information content (AvgIpc) is 3.11.